The first-order chi connectivity index (χ1) is 11.1. The third-order valence-corrected chi connectivity index (χ3v) is 4.52. The summed E-state index contributed by atoms with van der Waals surface area (Å²) in [6, 6.07) is 2.01. The van der Waals surface area contributed by atoms with E-state index in [1.165, 1.54) is 0 Å². The van der Waals surface area contributed by atoms with Gasteiger partial charge >= 0.3 is 0 Å². The lowest BCUT2D eigenvalue weighted by atomic mass is 9.89. The van der Waals surface area contributed by atoms with Crippen LogP contribution in [0.15, 0.2) is 15.6 Å². The molecule has 2 fully saturated rings. The van der Waals surface area contributed by atoms with Gasteiger partial charge in [-0.15, -0.1) is 24.0 Å². The molecule has 136 valence electrons. The van der Waals surface area contributed by atoms with Gasteiger partial charge in [-0.05, 0) is 6.92 Å². The Labute approximate surface area is 160 Å². The largest absolute Gasteiger partial charge is 0.380 e. The molecule has 7 nitrogen and oxygen atoms in total. The Morgan fingerprint density at radius 1 is 1.33 bits per heavy atom. The summed E-state index contributed by atoms with van der Waals surface area (Å²) in [7, 11) is 1.85. The average molecular weight is 449 g/mol. The van der Waals surface area contributed by atoms with Crippen LogP contribution >= 0.6 is 24.0 Å². The summed E-state index contributed by atoms with van der Waals surface area (Å²) in [5.74, 6) is 1.87. The topological polar surface area (TPSA) is 66.1 Å². The number of aromatic nitrogens is 1. The lowest BCUT2D eigenvalue weighted by Gasteiger charge is -2.40. The van der Waals surface area contributed by atoms with Crippen molar-refractivity contribution in [3.8, 4) is 0 Å². The quantitative estimate of drug-likeness (QED) is 0.425. The molecule has 0 aliphatic carbocycles. The number of nitrogens with one attached hydrogen (secondary N) is 1. The van der Waals surface area contributed by atoms with E-state index in [4.69, 9.17) is 9.26 Å². The normalized spacial score (nSPS) is 21.1. The van der Waals surface area contributed by atoms with Crippen molar-refractivity contribution in [3.63, 3.8) is 0 Å². The summed E-state index contributed by atoms with van der Waals surface area (Å²) in [4.78, 5) is 9.16. The van der Waals surface area contributed by atoms with Crippen LogP contribution < -0.4 is 5.32 Å². The molecule has 1 N–H and O–H groups in total. The number of nitrogens with zero attached hydrogens (tertiary/aromatic N) is 4. The zero-order chi connectivity index (χ0) is 16.3. The number of guanidine groups is 1. The summed E-state index contributed by atoms with van der Waals surface area (Å²) in [5, 5.41) is 7.57. The zero-order valence-electron chi connectivity index (χ0n) is 14.7. The highest BCUT2D eigenvalue weighted by Gasteiger charge is 2.33. The molecule has 0 bridgehead atoms. The van der Waals surface area contributed by atoms with Gasteiger partial charge in [-0.2, -0.15) is 0 Å². The highest BCUT2D eigenvalue weighted by atomic mass is 127. The fraction of sp³-hybridized carbons (Fsp3) is 0.750. The van der Waals surface area contributed by atoms with Crippen molar-refractivity contribution in [2.24, 2.45) is 10.4 Å². The predicted molar refractivity (Wildman–Crippen MR) is 104 cm³/mol. The van der Waals surface area contributed by atoms with Gasteiger partial charge in [0.2, 0.25) is 0 Å². The van der Waals surface area contributed by atoms with Crippen LogP contribution in [0.5, 0.6) is 0 Å². The maximum Gasteiger partial charge on any atom is 0.193 e. The number of aryl methyl sites for hydroxylation is 1. The van der Waals surface area contributed by atoms with Crippen molar-refractivity contribution in [2.75, 3.05) is 53.0 Å². The van der Waals surface area contributed by atoms with Crippen LogP contribution in [0.2, 0.25) is 0 Å². The van der Waals surface area contributed by atoms with Crippen molar-refractivity contribution < 1.29 is 9.26 Å². The number of rotatable bonds is 4. The van der Waals surface area contributed by atoms with Crippen LogP contribution in [0.1, 0.15) is 18.4 Å². The van der Waals surface area contributed by atoms with Crippen LogP contribution in [0.4, 0.5) is 0 Å². The third-order valence-electron chi connectivity index (χ3n) is 4.52. The van der Waals surface area contributed by atoms with E-state index in [1.807, 2.05) is 20.0 Å². The first-order valence-electron chi connectivity index (χ1n) is 8.26. The van der Waals surface area contributed by atoms with Crippen molar-refractivity contribution in [3.05, 3.63) is 17.5 Å². The Hall–Kier alpha value is -0.870. The molecule has 0 saturated carbocycles. The summed E-state index contributed by atoms with van der Waals surface area (Å²) in [6.07, 6.45) is 0. The minimum absolute atomic E-state index is 0. The van der Waals surface area contributed by atoms with Gasteiger partial charge in [0.25, 0.3) is 0 Å². The lowest BCUT2D eigenvalue weighted by molar-refractivity contribution is -0.0973. The fourth-order valence-electron chi connectivity index (χ4n) is 3.02. The zero-order valence-corrected chi connectivity index (χ0v) is 17.1. The lowest BCUT2D eigenvalue weighted by Crippen LogP contribution is -2.55. The fourth-order valence-corrected chi connectivity index (χ4v) is 3.02. The monoisotopic (exact) mass is 449 g/mol. The second-order valence-electron chi connectivity index (χ2n) is 6.90. The molecule has 2 saturated heterocycles. The molecule has 2 aliphatic rings. The smallest absolute Gasteiger partial charge is 0.193 e. The van der Waals surface area contributed by atoms with Gasteiger partial charge in [-0.1, -0.05) is 12.1 Å². The van der Waals surface area contributed by atoms with E-state index in [0.29, 0.717) is 0 Å². The third kappa shape index (κ3) is 4.82. The molecule has 8 heteroatoms. The number of ether oxygens (including phenoxy) is 1. The number of halogens is 1. The number of hydrogen-bond acceptors (Lipinski definition) is 5. The molecule has 3 heterocycles. The van der Waals surface area contributed by atoms with Gasteiger partial charge in [-0.3, -0.25) is 9.89 Å². The van der Waals surface area contributed by atoms with Crippen molar-refractivity contribution in [1.82, 2.24) is 20.3 Å². The van der Waals surface area contributed by atoms with E-state index in [1.54, 1.807) is 0 Å². The minimum Gasteiger partial charge on any atom is -0.380 e. The molecular formula is C16H28IN5O2. The molecular weight excluding hydrogens is 421 g/mol. The van der Waals surface area contributed by atoms with Crippen molar-refractivity contribution >= 4 is 29.9 Å². The van der Waals surface area contributed by atoms with Crippen molar-refractivity contribution in [2.45, 2.75) is 20.4 Å². The van der Waals surface area contributed by atoms with Crippen LogP contribution in [0.3, 0.4) is 0 Å². The van der Waals surface area contributed by atoms with Crippen molar-refractivity contribution in [1.29, 1.82) is 0 Å². The van der Waals surface area contributed by atoms with E-state index in [0.717, 1.165) is 69.9 Å². The predicted octanol–water partition coefficient (Wildman–Crippen LogP) is 1.33. The summed E-state index contributed by atoms with van der Waals surface area (Å²) >= 11 is 0. The Kier molecular flexibility index (Phi) is 6.88. The molecule has 2 aliphatic heterocycles. The van der Waals surface area contributed by atoms with Crippen LogP contribution in [-0.4, -0.2) is 73.9 Å². The molecule has 0 radical (unpaired) electrons. The average Bonchev–Trinajstić information content (AvgIpc) is 2.92. The molecule has 0 atom stereocenters. The Morgan fingerprint density at radius 2 is 2.04 bits per heavy atom. The van der Waals surface area contributed by atoms with Gasteiger partial charge in [0.05, 0.1) is 18.9 Å². The molecule has 1 aromatic heterocycles. The summed E-state index contributed by atoms with van der Waals surface area (Å²) in [5.41, 5.74) is 1.26. The first kappa shape index (κ1) is 19.5. The van der Waals surface area contributed by atoms with Gasteiger partial charge in [0, 0.05) is 57.8 Å². The maximum atomic E-state index is 5.31. The molecule has 0 unspecified atom stereocenters. The van der Waals surface area contributed by atoms with Crippen LogP contribution in [0.25, 0.3) is 0 Å². The Balaban J connectivity index is 0.00000208. The van der Waals surface area contributed by atoms with Gasteiger partial charge < -0.3 is 19.5 Å². The second-order valence-corrected chi connectivity index (χ2v) is 6.90. The van der Waals surface area contributed by atoms with Crippen LogP contribution in [-0.2, 0) is 11.3 Å². The van der Waals surface area contributed by atoms with Gasteiger partial charge in [-0.25, -0.2) is 0 Å². The molecule has 0 aromatic carbocycles. The van der Waals surface area contributed by atoms with Crippen LogP contribution in [0, 0.1) is 12.3 Å². The summed E-state index contributed by atoms with van der Waals surface area (Å²) in [6.45, 7) is 11.6. The van der Waals surface area contributed by atoms with Gasteiger partial charge in [0.1, 0.15) is 5.76 Å². The molecule has 0 spiro atoms. The molecule has 0 amide bonds. The minimum atomic E-state index is 0. The number of aliphatic imine (C=N–C) groups is 1. The molecule has 24 heavy (non-hydrogen) atoms. The van der Waals surface area contributed by atoms with E-state index in [-0.39, 0.29) is 29.4 Å². The van der Waals surface area contributed by atoms with Gasteiger partial charge in [0.15, 0.2) is 5.96 Å². The highest BCUT2D eigenvalue weighted by Crippen LogP contribution is 2.25. The maximum absolute atomic E-state index is 5.31. The van der Waals surface area contributed by atoms with E-state index >= 15 is 0 Å². The second kappa shape index (κ2) is 8.48. The summed E-state index contributed by atoms with van der Waals surface area (Å²) < 4.78 is 10.4. The Morgan fingerprint density at radius 3 is 2.54 bits per heavy atom. The molecule has 3 rings (SSSR count). The number of piperazine rings is 1. The van der Waals surface area contributed by atoms with E-state index in [2.05, 4.69) is 32.2 Å². The first-order valence-corrected chi connectivity index (χ1v) is 8.26. The molecule has 1 aromatic rings. The Bertz CT molecular complexity index is 550. The SMILES string of the molecule is CN=C(NCC1(C)COC1)N1CCN(Cc2cc(C)on2)CC1.I. The standard InChI is InChI=1S/C16H27N5O2.HI/c1-13-8-14(19-23-13)9-20-4-6-21(7-5-20)15(17-3)18-10-16(2)11-22-12-16;/h8H,4-7,9-12H2,1-3H3,(H,17,18);1H. The van der Waals surface area contributed by atoms with E-state index < -0.39 is 0 Å². The van der Waals surface area contributed by atoms with E-state index in [9.17, 15) is 0 Å². The number of hydrogen-bond donors (Lipinski definition) is 1. The highest BCUT2D eigenvalue weighted by molar-refractivity contribution is 14.0.